The van der Waals surface area contributed by atoms with Crippen molar-refractivity contribution in [3.05, 3.63) is 0 Å². The number of hydrogen-bond donors (Lipinski definition) is 1. The fraction of sp³-hybridized carbons (Fsp3) is 1.00. The van der Waals surface area contributed by atoms with Gasteiger partial charge in [0.2, 0.25) is 0 Å². The minimum Gasteiger partial charge on any atom is -0.303 e. The first-order chi connectivity index (χ1) is 6.58. The number of likely N-dealkylation sites (tertiary alicyclic amines) is 1. The van der Waals surface area contributed by atoms with Gasteiger partial charge in [-0.1, -0.05) is 6.42 Å². The molecule has 1 saturated heterocycles. The quantitative estimate of drug-likeness (QED) is 0.446. The molecule has 0 spiro atoms. The van der Waals surface area contributed by atoms with Crippen molar-refractivity contribution in [2.75, 3.05) is 25.4 Å². The molecule has 0 aromatic carbocycles. The SMILES string of the molecule is O=S(=O)(O)SCCCN1CCCCC1. The molecule has 1 N–H and O–H groups in total. The zero-order valence-electron chi connectivity index (χ0n) is 8.18. The molecule has 1 rings (SSSR count). The molecule has 0 unspecified atom stereocenters. The van der Waals surface area contributed by atoms with E-state index < -0.39 is 9.15 Å². The fourth-order valence-electron chi connectivity index (χ4n) is 1.64. The Morgan fingerprint density at radius 1 is 1.21 bits per heavy atom. The van der Waals surface area contributed by atoms with Gasteiger partial charge in [0.1, 0.15) is 0 Å². The largest absolute Gasteiger partial charge is 0.319 e. The van der Waals surface area contributed by atoms with Crippen LogP contribution in [-0.4, -0.2) is 43.3 Å². The summed E-state index contributed by atoms with van der Waals surface area (Å²) < 4.78 is 29.3. The maximum atomic E-state index is 10.4. The third kappa shape index (κ3) is 5.85. The van der Waals surface area contributed by atoms with E-state index in [-0.39, 0.29) is 0 Å². The summed E-state index contributed by atoms with van der Waals surface area (Å²) in [6.07, 6.45) is 4.65. The topological polar surface area (TPSA) is 57.6 Å². The highest BCUT2D eigenvalue weighted by Crippen LogP contribution is 2.13. The van der Waals surface area contributed by atoms with E-state index in [1.54, 1.807) is 0 Å². The zero-order chi connectivity index (χ0) is 10.4. The Morgan fingerprint density at radius 3 is 2.43 bits per heavy atom. The molecule has 84 valence electrons. The molecule has 0 aromatic rings. The molecule has 1 fully saturated rings. The molecule has 4 nitrogen and oxygen atoms in total. The lowest BCUT2D eigenvalue weighted by atomic mass is 10.1. The van der Waals surface area contributed by atoms with Gasteiger partial charge >= 0.3 is 9.15 Å². The van der Waals surface area contributed by atoms with Crippen LogP contribution in [0.5, 0.6) is 0 Å². The lowest BCUT2D eigenvalue weighted by Gasteiger charge is -2.25. The van der Waals surface area contributed by atoms with Gasteiger partial charge in [-0.3, -0.25) is 4.55 Å². The van der Waals surface area contributed by atoms with Crippen molar-refractivity contribution in [3.8, 4) is 0 Å². The minimum atomic E-state index is -3.83. The van der Waals surface area contributed by atoms with Crippen molar-refractivity contribution in [1.82, 2.24) is 4.90 Å². The molecule has 0 bridgehead atoms. The molecule has 0 radical (unpaired) electrons. The van der Waals surface area contributed by atoms with E-state index in [1.165, 1.54) is 19.3 Å². The van der Waals surface area contributed by atoms with Gasteiger partial charge in [-0.15, -0.1) is 0 Å². The van der Waals surface area contributed by atoms with E-state index >= 15 is 0 Å². The summed E-state index contributed by atoms with van der Waals surface area (Å²) in [5.74, 6) is 0.481. The highest BCUT2D eigenvalue weighted by molar-refractivity contribution is 8.69. The summed E-state index contributed by atoms with van der Waals surface area (Å²) in [6, 6.07) is 0. The summed E-state index contributed by atoms with van der Waals surface area (Å²) >= 11 is 0. The van der Waals surface area contributed by atoms with Crippen LogP contribution in [0, 0.1) is 0 Å². The molecule has 1 heterocycles. The molecular formula is C8H17NO3S2. The summed E-state index contributed by atoms with van der Waals surface area (Å²) in [7, 11) is -3.21. The lowest BCUT2D eigenvalue weighted by molar-refractivity contribution is 0.230. The van der Waals surface area contributed by atoms with Crippen molar-refractivity contribution in [2.45, 2.75) is 25.7 Å². The van der Waals surface area contributed by atoms with Crippen molar-refractivity contribution in [1.29, 1.82) is 0 Å². The van der Waals surface area contributed by atoms with Gasteiger partial charge in [0, 0.05) is 5.75 Å². The van der Waals surface area contributed by atoms with E-state index in [4.69, 9.17) is 4.55 Å². The van der Waals surface area contributed by atoms with Crippen LogP contribution in [0.4, 0.5) is 0 Å². The standard InChI is InChI=1S/C8H17NO3S2/c10-14(11,12)13-8-4-7-9-5-2-1-3-6-9/h1-8H2,(H,10,11,12). The average molecular weight is 239 g/mol. The van der Waals surface area contributed by atoms with Crippen molar-refractivity contribution >= 4 is 19.9 Å². The van der Waals surface area contributed by atoms with Gasteiger partial charge in [0.05, 0.1) is 0 Å². The van der Waals surface area contributed by atoms with E-state index in [9.17, 15) is 8.42 Å². The fourth-order valence-corrected chi connectivity index (χ4v) is 3.08. The van der Waals surface area contributed by atoms with Gasteiger partial charge in [-0.05, 0) is 49.7 Å². The maximum absolute atomic E-state index is 10.4. The van der Waals surface area contributed by atoms with Crippen LogP contribution in [0.15, 0.2) is 0 Å². The highest BCUT2D eigenvalue weighted by atomic mass is 33.1. The van der Waals surface area contributed by atoms with Crippen molar-refractivity contribution in [2.24, 2.45) is 0 Å². The summed E-state index contributed by atoms with van der Waals surface area (Å²) in [5, 5.41) is 0. The number of nitrogens with zero attached hydrogens (tertiary/aromatic N) is 1. The average Bonchev–Trinajstić information content (AvgIpc) is 2.13. The van der Waals surface area contributed by atoms with Crippen LogP contribution in [0.1, 0.15) is 25.7 Å². The van der Waals surface area contributed by atoms with Gasteiger partial charge in [-0.2, -0.15) is 8.42 Å². The first kappa shape index (κ1) is 12.3. The van der Waals surface area contributed by atoms with Gasteiger partial charge in [-0.25, -0.2) is 0 Å². The molecule has 6 heteroatoms. The van der Waals surface area contributed by atoms with E-state index in [0.717, 1.165) is 26.1 Å². The predicted octanol–water partition coefficient (Wildman–Crippen LogP) is 1.40. The second-order valence-corrected chi connectivity index (χ2v) is 6.98. The Morgan fingerprint density at radius 2 is 1.86 bits per heavy atom. The smallest absolute Gasteiger partial charge is 0.303 e. The Bertz CT molecular complexity index is 247. The number of hydrogen-bond acceptors (Lipinski definition) is 4. The second kappa shape index (κ2) is 5.95. The lowest BCUT2D eigenvalue weighted by Crippen LogP contribution is -2.30. The summed E-state index contributed by atoms with van der Waals surface area (Å²) in [6.45, 7) is 3.22. The molecule has 1 aliphatic heterocycles. The zero-order valence-corrected chi connectivity index (χ0v) is 9.82. The van der Waals surface area contributed by atoms with Crippen LogP contribution >= 0.6 is 10.8 Å². The third-order valence-electron chi connectivity index (χ3n) is 2.30. The van der Waals surface area contributed by atoms with Crippen molar-refractivity contribution < 1.29 is 13.0 Å². The molecular weight excluding hydrogens is 222 g/mol. The summed E-state index contributed by atoms with van der Waals surface area (Å²) in [5.41, 5.74) is 0. The second-order valence-electron chi connectivity index (χ2n) is 3.51. The van der Waals surface area contributed by atoms with Crippen LogP contribution < -0.4 is 0 Å². The van der Waals surface area contributed by atoms with E-state index in [2.05, 4.69) is 4.90 Å². The van der Waals surface area contributed by atoms with Gasteiger partial charge in [0.15, 0.2) is 0 Å². The number of piperidine rings is 1. The monoisotopic (exact) mass is 239 g/mol. The molecule has 0 aromatic heterocycles. The van der Waals surface area contributed by atoms with E-state index in [1.807, 2.05) is 0 Å². The highest BCUT2D eigenvalue weighted by Gasteiger charge is 2.10. The number of rotatable bonds is 5. The minimum absolute atomic E-state index is 0.481. The van der Waals surface area contributed by atoms with Gasteiger partial charge in [0.25, 0.3) is 0 Å². The van der Waals surface area contributed by atoms with Crippen LogP contribution in [0.3, 0.4) is 0 Å². The van der Waals surface area contributed by atoms with E-state index in [0.29, 0.717) is 16.5 Å². The first-order valence-electron chi connectivity index (χ1n) is 4.92. The normalized spacial score (nSPS) is 19.8. The Hall–Kier alpha value is 0.220. The Kier molecular flexibility index (Phi) is 5.22. The molecule has 1 aliphatic rings. The van der Waals surface area contributed by atoms with Crippen LogP contribution in [0.25, 0.3) is 0 Å². The van der Waals surface area contributed by atoms with Crippen LogP contribution in [-0.2, 0) is 9.15 Å². The van der Waals surface area contributed by atoms with Crippen molar-refractivity contribution in [3.63, 3.8) is 0 Å². The van der Waals surface area contributed by atoms with Crippen LogP contribution in [0.2, 0.25) is 0 Å². The maximum Gasteiger partial charge on any atom is 0.319 e. The third-order valence-corrected chi connectivity index (χ3v) is 4.45. The first-order valence-corrected chi connectivity index (χ1v) is 7.86. The van der Waals surface area contributed by atoms with Gasteiger partial charge < -0.3 is 4.90 Å². The molecule has 0 atom stereocenters. The molecule has 0 saturated carbocycles. The molecule has 0 aliphatic carbocycles. The predicted molar refractivity (Wildman–Crippen MR) is 58.9 cm³/mol. The molecule has 14 heavy (non-hydrogen) atoms. The Labute approximate surface area is 89.2 Å². The Balaban J connectivity index is 2.03. The summed E-state index contributed by atoms with van der Waals surface area (Å²) in [4.78, 5) is 2.36. The molecule has 0 amide bonds.